The van der Waals surface area contributed by atoms with Gasteiger partial charge in [-0.3, -0.25) is 21.0 Å². The van der Waals surface area contributed by atoms with Crippen LogP contribution in [0.15, 0.2) is 36.5 Å². The van der Waals surface area contributed by atoms with Crippen LogP contribution >= 0.6 is 0 Å². The number of nitrogens with two attached hydrogens (primary N) is 1. The van der Waals surface area contributed by atoms with E-state index in [1.807, 2.05) is 37.1 Å². The van der Waals surface area contributed by atoms with Crippen molar-refractivity contribution in [1.82, 2.24) is 15.9 Å². The lowest BCUT2D eigenvalue weighted by Gasteiger charge is -2.15. The van der Waals surface area contributed by atoms with Crippen molar-refractivity contribution in [3.63, 3.8) is 0 Å². The number of carbonyl (C=O) groups excluding carboxylic acids is 1. The molecule has 0 saturated carbocycles. The first kappa shape index (κ1) is 19.4. The first-order valence-electron chi connectivity index (χ1n) is 7.65. The van der Waals surface area contributed by atoms with E-state index in [0.717, 1.165) is 23.6 Å². The highest BCUT2D eigenvalue weighted by molar-refractivity contribution is 5.54. The highest BCUT2D eigenvalue weighted by Gasteiger charge is 2.08. The Balaban J connectivity index is 0.000000505. The minimum Gasteiger partial charge on any atom is -0.487 e. The summed E-state index contributed by atoms with van der Waals surface area (Å²) in [4.78, 5) is 13.4. The molecule has 7 nitrogen and oxygen atoms in total. The second-order valence-corrected chi connectivity index (χ2v) is 4.83. The Bertz CT molecular complexity index is 612. The topological polar surface area (TPSA) is 101 Å². The van der Waals surface area contributed by atoms with Gasteiger partial charge < -0.3 is 10.1 Å². The summed E-state index contributed by atoms with van der Waals surface area (Å²) in [6.45, 7) is 4.68. The summed E-state index contributed by atoms with van der Waals surface area (Å²) >= 11 is 0. The molecule has 1 amide bonds. The van der Waals surface area contributed by atoms with Crippen molar-refractivity contribution in [3.05, 3.63) is 53.3 Å². The van der Waals surface area contributed by atoms with E-state index in [1.165, 1.54) is 11.1 Å². The monoisotopic (exact) mass is 331 g/mol. The molecule has 0 radical (unpaired) electrons. The Morgan fingerprint density at radius 2 is 2.08 bits per heavy atom. The zero-order chi connectivity index (χ0) is 17.8. The van der Waals surface area contributed by atoms with Crippen LogP contribution in [0.25, 0.3) is 0 Å². The van der Waals surface area contributed by atoms with Gasteiger partial charge in [-0.25, -0.2) is 0 Å². The molecule has 0 fully saturated rings. The first-order valence-corrected chi connectivity index (χ1v) is 7.65. The van der Waals surface area contributed by atoms with Crippen molar-refractivity contribution < 1.29 is 9.53 Å². The summed E-state index contributed by atoms with van der Waals surface area (Å²) in [6, 6.07) is 10.1. The Labute approximate surface area is 142 Å². The number of hydrogen-bond donors (Lipinski definition) is 4. The van der Waals surface area contributed by atoms with Gasteiger partial charge in [0.15, 0.2) is 0 Å². The van der Waals surface area contributed by atoms with Crippen molar-refractivity contribution in [2.45, 2.75) is 26.9 Å². The smallest absolute Gasteiger partial charge is 0.222 e. The summed E-state index contributed by atoms with van der Waals surface area (Å²) in [5, 5.41) is 3.23. The third kappa shape index (κ3) is 5.86. The normalized spacial score (nSPS) is 9.50. The number of carbonyl (C=O) groups is 1. The van der Waals surface area contributed by atoms with Gasteiger partial charge in [0.05, 0.1) is 5.69 Å². The first-order chi connectivity index (χ1) is 11.7. The molecule has 5 N–H and O–H groups in total. The molecule has 1 aromatic carbocycles. The van der Waals surface area contributed by atoms with E-state index in [0.29, 0.717) is 13.0 Å². The lowest BCUT2D eigenvalue weighted by molar-refractivity contribution is -0.110. The molecule has 0 aliphatic heterocycles. The van der Waals surface area contributed by atoms with Crippen LogP contribution in [0.4, 0.5) is 5.69 Å². The van der Waals surface area contributed by atoms with Crippen LogP contribution in [-0.2, 0) is 17.8 Å². The highest BCUT2D eigenvalue weighted by Crippen LogP contribution is 2.23. The van der Waals surface area contributed by atoms with Crippen LogP contribution in [0.1, 0.15) is 23.7 Å². The van der Waals surface area contributed by atoms with E-state index >= 15 is 0 Å². The molecular formula is C17H25N5O2. The van der Waals surface area contributed by atoms with Crippen LogP contribution in [0.3, 0.4) is 0 Å². The van der Waals surface area contributed by atoms with E-state index in [2.05, 4.69) is 41.3 Å². The Hall–Kier alpha value is -2.64. The molecule has 1 aromatic heterocycles. The van der Waals surface area contributed by atoms with Gasteiger partial charge in [-0.2, -0.15) is 5.53 Å². The number of hydrazine groups is 2. The number of aromatic nitrogens is 1. The molecule has 0 unspecified atom stereocenters. The van der Waals surface area contributed by atoms with Crippen molar-refractivity contribution >= 4 is 12.1 Å². The molecular weight excluding hydrogens is 306 g/mol. The molecule has 1 heterocycles. The quantitative estimate of drug-likeness (QED) is 0.350. The SMILES string of the molecule is CCc1cccc(NC)c1COc1cccnc1C.NNNC=O. The van der Waals surface area contributed by atoms with Gasteiger partial charge in [0.2, 0.25) is 6.41 Å². The molecule has 0 spiro atoms. The van der Waals surface area contributed by atoms with E-state index in [9.17, 15) is 0 Å². The van der Waals surface area contributed by atoms with E-state index < -0.39 is 0 Å². The maximum absolute atomic E-state index is 9.15. The lowest BCUT2D eigenvalue weighted by atomic mass is 10.0. The van der Waals surface area contributed by atoms with Crippen LogP contribution < -0.4 is 26.9 Å². The fourth-order valence-electron chi connectivity index (χ4n) is 2.18. The third-order valence-corrected chi connectivity index (χ3v) is 3.40. The lowest BCUT2D eigenvalue weighted by Crippen LogP contribution is -2.36. The van der Waals surface area contributed by atoms with Crippen molar-refractivity contribution in [1.29, 1.82) is 0 Å². The number of anilines is 1. The van der Waals surface area contributed by atoms with Gasteiger partial charge in [0.1, 0.15) is 12.4 Å². The van der Waals surface area contributed by atoms with E-state index in [-0.39, 0.29) is 0 Å². The maximum atomic E-state index is 9.15. The molecule has 0 saturated heterocycles. The number of hydrogen-bond acceptors (Lipinski definition) is 6. The molecule has 2 rings (SSSR count). The number of nitrogens with zero attached hydrogens (tertiary/aromatic N) is 1. The number of ether oxygens (including phenoxy) is 1. The highest BCUT2D eigenvalue weighted by atomic mass is 16.5. The van der Waals surface area contributed by atoms with Gasteiger partial charge in [-0.1, -0.05) is 19.1 Å². The zero-order valence-electron chi connectivity index (χ0n) is 14.3. The molecule has 2 aromatic rings. The number of amides is 1. The van der Waals surface area contributed by atoms with Gasteiger partial charge >= 0.3 is 0 Å². The second kappa shape index (κ2) is 11.0. The molecule has 0 aliphatic carbocycles. The summed E-state index contributed by atoms with van der Waals surface area (Å²) in [7, 11) is 1.94. The molecule has 0 aliphatic rings. The van der Waals surface area contributed by atoms with Gasteiger partial charge in [0, 0.05) is 24.5 Å². The van der Waals surface area contributed by atoms with Crippen molar-refractivity contribution in [2.75, 3.05) is 12.4 Å². The number of benzene rings is 1. The van der Waals surface area contributed by atoms with Crippen LogP contribution in [0.5, 0.6) is 5.75 Å². The van der Waals surface area contributed by atoms with Crippen LogP contribution in [-0.4, -0.2) is 18.4 Å². The molecule has 130 valence electrons. The van der Waals surface area contributed by atoms with Crippen LogP contribution in [0, 0.1) is 6.92 Å². The Morgan fingerprint density at radius 1 is 1.29 bits per heavy atom. The Kier molecular flexibility index (Phi) is 8.88. The largest absolute Gasteiger partial charge is 0.487 e. The minimum absolute atomic E-state index is 0.444. The number of nitrogens with one attached hydrogen (secondary N) is 3. The van der Waals surface area contributed by atoms with Crippen LogP contribution in [0.2, 0.25) is 0 Å². The fraction of sp³-hybridized carbons (Fsp3) is 0.294. The van der Waals surface area contributed by atoms with Gasteiger partial charge in [-0.05, 0) is 37.1 Å². The third-order valence-electron chi connectivity index (χ3n) is 3.40. The fourth-order valence-corrected chi connectivity index (χ4v) is 2.18. The number of aryl methyl sites for hydroxylation is 2. The predicted molar refractivity (Wildman–Crippen MR) is 95.2 cm³/mol. The molecule has 0 bridgehead atoms. The maximum Gasteiger partial charge on any atom is 0.222 e. The predicted octanol–water partition coefficient (Wildman–Crippen LogP) is 1.68. The van der Waals surface area contributed by atoms with E-state index in [1.54, 1.807) is 6.20 Å². The van der Waals surface area contributed by atoms with Crippen molar-refractivity contribution in [3.8, 4) is 5.75 Å². The number of rotatable bonds is 7. The summed E-state index contributed by atoms with van der Waals surface area (Å²) in [6.07, 6.45) is 3.22. The van der Waals surface area contributed by atoms with Crippen molar-refractivity contribution in [2.24, 2.45) is 5.84 Å². The Morgan fingerprint density at radius 3 is 2.62 bits per heavy atom. The number of pyridine rings is 1. The molecule has 24 heavy (non-hydrogen) atoms. The molecule has 0 atom stereocenters. The summed E-state index contributed by atoms with van der Waals surface area (Å²) in [5.74, 6) is 5.39. The van der Waals surface area contributed by atoms with Gasteiger partial charge in [0.25, 0.3) is 0 Å². The van der Waals surface area contributed by atoms with E-state index in [4.69, 9.17) is 9.53 Å². The average molecular weight is 331 g/mol. The second-order valence-electron chi connectivity index (χ2n) is 4.83. The average Bonchev–Trinajstić information content (AvgIpc) is 2.62. The molecule has 7 heteroatoms. The zero-order valence-corrected chi connectivity index (χ0v) is 14.3. The van der Waals surface area contributed by atoms with Gasteiger partial charge in [-0.15, -0.1) is 0 Å². The minimum atomic E-state index is 0.444. The summed E-state index contributed by atoms with van der Waals surface area (Å²) in [5.41, 5.74) is 8.43. The standard InChI is InChI=1S/C16H20N2O.CH5N3O/c1-4-13-7-5-8-15(17-3)14(13)11-19-16-9-6-10-18-12(16)2;2-4-3-1-5/h5-10,17H,4,11H2,1-3H3;1,4H,2H2,(H,3,5). The summed E-state index contributed by atoms with van der Waals surface area (Å²) < 4.78 is 5.91.